The second kappa shape index (κ2) is 15.8. The van der Waals surface area contributed by atoms with E-state index in [0.717, 1.165) is 4.89 Å². The van der Waals surface area contributed by atoms with Gasteiger partial charge in [0.2, 0.25) is 0 Å². The van der Waals surface area contributed by atoms with Crippen molar-refractivity contribution in [3.05, 3.63) is 12.7 Å². The summed E-state index contributed by atoms with van der Waals surface area (Å²) in [5.74, 6) is -3.01. The first-order valence-corrected chi connectivity index (χ1v) is 14.1. The summed E-state index contributed by atoms with van der Waals surface area (Å²) >= 11 is 2.92. The summed E-state index contributed by atoms with van der Waals surface area (Å²) in [7, 11) is 0.385. The zero-order chi connectivity index (χ0) is 22.4. The molecule has 0 radical (unpaired) electrons. The van der Waals surface area contributed by atoms with Crippen LogP contribution in [0, 0.1) is 0 Å². The van der Waals surface area contributed by atoms with E-state index in [-0.39, 0.29) is 0 Å². The van der Waals surface area contributed by atoms with Gasteiger partial charge in [0.1, 0.15) is 5.97 Å². The average Bonchev–Trinajstić information content (AvgIpc) is 2.76. The van der Waals surface area contributed by atoms with Crippen LogP contribution in [0.25, 0.3) is 0 Å². The van der Waals surface area contributed by atoms with Crippen molar-refractivity contribution in [2.75, 3.05) is 0 Å². The number of hydrogen-bond acceptors (Lipinski definition) is 2. The molecule has 2 nitrogen and oxygen atoms in total. The first-order valence-electron chi connectivity index (χ1n) is 11.5. The van der Waals surface area contributed by atoms with E-state index < -0.39 is 12.1 Å². The molecule has 0 aromatic carbocycles. The largest absolute Gasteiger partial charge is 0.542 e. The SMILES string of the molecule is C1CCC(P(C2CCCCC2)C2CCCCC2)CC1.C=C[CH2][Pd+].O=C([O-])C(F)(F)F. The summed E-state index contributed by atoms with van der Waals surface area (Å²) in [5, 5.41) is 8.78. The molecule has 0 aromatic heterocycles. The number of allylic oxidation sites excluding steroid dienone is 1. The molecule has 3 rings (SSSR count). The van der Waals surface area contributed by atoms with Gasteiger partial charge in [0, 0.05) is 0 Å². The van der Waals surface area contributed by atoms with Crippen LogP contribution in [0.3, 0.4) is 0 Å². The zero-order valence-corrected chi connectivity index (χ0v) is 20.5. The van der Waals surface area contributed by atoms with E-state index in [1.807, 2.05) is 6.08 Å². The normalized spacial score (nSPS) is 21.8. The Balaban J connectivity index is 0.000000343. The minimum Gasteiger partial charge on any atom is -0.542 e. The number of carbonyl (C=O) groups is 1. The van der Waals surface area contributed by atoms with Crippen molar-refractivity contribution in [3.63, 3.8) is 0 Å². The van der Waals surface area contributed by atoms with E-state index >= 15 is 0 Å². The van der Waals surface area contributed by atoms with Gasteiger partial charge in [0.15, 0.2) is 0 Å². The number of hydrogen-bond donors (Lipinski definition) is 0. The van der Waals surface area contributed by atoms with Crippen LogP contribution in [0.1, 0.15) is 96.3 Å². The van der Waals surface area contributed by atoms with Gasteiger partial charge in [-0.25, -0.2) is 0 Å². The Morgan fingerprint density at radius 3 is 1.23 bits per heavy atom. The van der Waals surface area contributed by atoms with Crippen LogP contribution < -0.4 is 5.11 Å². The van der Waals surface area contributed by atoms with Gasteiger partial charge in [-0.15, -0.1) is 0 Å². The van der Waals surface area contributed by atoms with Crippen LogP contribution in [-0.4, -0.2) is 29.1 Å². The molecule has 178 valence electrons. The standard InChI is InChI=1S/C18H33P.C3H5.C2HF3O2.Pd/c1-4-10-16(11-5-1)19(17-12-6-2-7-13-17)18-14-8-3-9-15-18;1-3-2;3-2(4,5)1(6)7;/h16-18H,1-15H2;3H,1-2H2;(H,6,7);/q;;;+1/p-1. The van der Waals surface area contributed by atoms with Gasteiger partial charge in [-0.3, -0.25) is 0 Å². The minimum absolute atomic E-state index is 0.385. The van der Waals surface area contributed by atoms with Gasteiger partial charge in [-0.05, 0) is 55.5 Å². The fourth-order valence-corrected chi connectivity index (χ4v) is 9.71. The molecule has 0 aromatic rings. The number of alkyl halides is 3. The van der Waals surface area contributed by atoms with Crippen molar-refractivity contribution in [2.24, 2.45) is 0 Å². The monoisotopic (exact) mass is 540 g/mol. The third-order valence-corrected chi connectivity index (χ3v) is 10.8. The topological polar surface area (TPSA) is 40.1 Å². The smallest absolute Gasteiger partial charge is 0.430 e. The minimum atomic E-state index is -5.19. The third-order valence-electron chi connectivity index (χ3n) is 6.31. The molecular weight excluding hydrogens is 503 g/mol. The Labute approximate surface area is 193 Å². The number of carboxylic acid groups (broad SMARTS) is 1. The first-order chi connectivity index (χ1) is 14.3. The zero-order valence-electron chi connectivity index (χ0n) is 18.0. The maximum Gasteiger partial charge on any atom is 0.430 e. The van der Waals surface area contributed by atoms with Gasteiger partial charge in [-0.1, -0.05) is 65.7 Å². The molecule has 0 N–H and O–H groups in total. The maximum atomic E-state index is 10.5. The van der Waals surface area contributed by atoms with Crippen LogP contribution in [0.4, 0.5) is 13.2 Å². The third kappa shape index (κ3) is 11.1. The molecule has 0 aliphatic heterocycles. The molecule has 0 bridgehead atoms. The van der Waals surface area contributed by atoms with Crippen molar-refractivity contribution in [2.45, 2.75) is 124 Å². The molecular formula is C23H38F3O2PPd. The average molecular weight is 541 g/mol. The van der Waals surface area contributed by atoms with Crippen molar-refractivity contribution in [1.82, 2.24) is 0 Å². The predicted molar refractivity (Wildman–Crippen MR) is 114 cm³/mol. The maximum absolute atomic E-state index is 10.5. The molecule has 30 heavy (non-hydrogen) atoms. The Kier molecular flexibility index (Phi) is 14.8. The molecule has 3 aliphatic carbocycles. The van der Waals surface area contributed by atoms with E-state index in [4.69, 9.17) is 9.90 Å². The van der Waals surface area contributed by atoms with Crippen molar-refractivity contribution < 1.29 is 42.3 Å². The van der Waals surface area contributed by atoms with E-state index in [9.17, 15) is 13.2 Å². The number of halogens is 3. The van der Waals surface area contributed by atoms with Crippen molar-refractivity contribution in [1.29, 1.82) is 0 Å². The first kappa shape index (κ1) is 28.1. The van der Waals surface area contributed by atoms with Gasteiger partial charge < -0.3 is 9.90 Å². The van der Waals surface area contributed by atoms with Crippen LogP contribution in [0.15, 0.2) is 12.7 Å². The second-order valence-electron chi connectivity index (χ2n) is 8.53. The Morgan fingerprint density at radius 1 is 0.833 bits per heavy atom. The predicted octanol–water partition coefficient (Wildman–Crippen LogP) is 6.90. The summed E-state index contributed by atoms with van der Waals surface area (Å²) < 4.78 is 31.5. The van der Waals surface area contributed by atoms with Crippen LogP contribution in [-0.2, 0) is 24.0 Å². The molecule has 0 heterocycles. The molecule has 0 spiro atoms. The number of carbonyl (C=O) groups excluding carboxylic acids is 1. The summed E-state index contributed by atoms with van der Waals surface area (Å²) in [6.07, 6.45) is 20.2. The molecule has 3 aliphatic rings. The van der Waals surface area contributed by atoms with Gasteiger partial charge in [0.05, 0.1) is 0 Å². The molecule has 0 saturated heterocycles. The molecule has 3 saturated carbocycles. The fraction of sp³-hybridized carbons (Fsp3) is 0.870. The van der Waals surface area contributed by atoms with Crippen molar-refractivity contribution in [3.8, 4) is 0 Å². The Morgan fingerprint density at radius 2 is 1.07 bits per heavy atom. The summed E-state index contributed by atoms with van der Waals surface area (Å²) in [5.41, 5.74) is 3.57. The molecule has 3 fully saturated rings. The number of carboxylic acids is 1. The summed E-state index contributed by atoms with van der Waals surface area (Å²) in [4.78, 5) is 9.72. The molecule has 0 atom stereocenters. The van der Waals surface area contributed by atoms with E-state index in [1.165, 1.54) is 36.2 Å². The summed E-state index contributed by atoms with van der Waals surface area (Å²) in [6.45, 7) is 3.44. The second-order valence-corrected chi connectivity index (χ2v) is 12.2. The molecule has 0 unspecified atom stereocenters. The van der Waals surface area contributed by atoms with Crippen LogP contribution >= 0.6 is 7.92 Å². The fourth-order valence-electron chi connectivity index (χ4n) is 5.03. The van der Waals surface area contributed by atoms with Gasteiger partial charge in [0.25, 0.3) is 0 Å². The van der Waals surface area contributed by atoms with Crippen LogP contribution in [0.5, 0.6) is 0 Å². The van der Waals surface area contributed by atoms with Crippen molar-refractivity contribution >= 4 is 13.9 Å². The summed E-state index contributed by atoms with van der Waals surface area (Å²) in [6, 6.07) is 0. The van der Waals surface area contributed by atoms with Gasteiger partial charge >= 0.3 is 42.9 Å². The molecule has 0 amide bonds. The quantitative estimate of drug-likeness (QED) is 0.221. The van der Waals surface area contributed by atoms with Crippen LogP contribution in [0.2, 0.25) is 4.89 Å². The molecule has 7 heteroatoms. The number of rotatable bonds is 4. The number of aliphatic carboxylic acids is 1. The Hall–Kier alpha value is 0.0923. The van der Waals surface area contributed by atoms with Gasteiger partial charge in [-0.2, -0.15) is 13.2 Å². The Bertz CT molecular complexity index is 427. The van der Waals surface area contributed by atoms with E-state index in [2.05, 4.69) is 25.8 Å². The van der Waals surface area contributed by atoms with E-state index in [1.54, 1.807) is 77.0 Å². The van der Waals surface area contributed by atoms with E-state index in [0.29, 0.717) is 7.92 Å².